The molecule has 0 aliphatic carbocycles. The highest BCUT2D eigenvalue weighted by Gasteiger charge is 2.28. The molecule has 306 valence electrons. The van der Waals surface area contributed by atoms with Gasteiger partial charge in [-0.1, -0.05) is 54.1 Å². The molecular formula is C47H45ClF2N8O2. The lowest BCUT2D eigenvalue weighted by Crippen LogP contribution is -2.49. The van der Waals surface area contributed by atoms with Gasteiger partial charge in [-0.2, -0.15) is 10.2 Å². The number of amides is 2. The summed E-state index contributed by atoms with van der Waals surface area (Å²) in [5.41, 5.74) is 7.30. The molecule has 9 rings (SSSR count). The average Bonchev–Trinajstić information content (AvgIpc) is 3.87. The molecule has 4 heterocycles. The van der Waals surface area contributed by atoms with Crippen molar-refractivity contribution in [1.29, 1.82) is 0 Å². The number of piperazine rings is 2. The van der Waals surface area contributed by atoms with E-state index in [1.54, 1.807) is 45.8 Å². The molecule has 0 saturated carbocycles. The van der Waals surface area contributed by atoms with E-state index in [2.05, 4.69) is 69.4 Å². The van der Waals surface area contributed by atoms with Crippen molar-refractivity contribution >= 4 is 45.6 Å². The molecule has 0 unspecified atom stereocenters. The van der Waals surface area contributed by atoms with E-state index in [9.17, 15) is 18.4 Å². The number of fused-ring (bicyclic) bond motifs is 1. The van der Waals surface area contributed by atoms with E-state index in [-0.39, 0.29) is 23.4 Å². The SMILES string of the molecule is Cc1cc(C(=O)N2CCN(c3cc(Cl)ccc3C)CC2)n(-c2ccc(F)cc2)n1.Cc1cc(C(=O)N2CCN(c3cccc4ccccc34)CC2)n(-c2ccc(F)cc2)n1. The van der Waals surface area contributed by atoms with Crippen LogP contribution in [-0.2, 0) is 0 Å². The number of aryl methyl sites for hydroxylation is 3. The fraction of sp³-hybridized carbons (Fsp3) is 0.234. The van der Waals surface area contributed by atoms with Crippen LogP contribution in [0.15, 0.2) is 121 Å². The van der Waals surface area contributed by atoms with Gasteiger partial charge in [0, 0.05) is 74.1 Å². The third-order valence-electron chi connectivity index (χ3n) is 11.0. The lowest BCUT2D eigenvalue weighted by Gasteiger charge is -2.36. The molecule has 2 aliphatic heterocycles. The average molecular weight is 827 g/mol. The molecule has 0 spiro atoms. The summed E-state index contributed by atoms with van der Waals surface area (Å²) in [6, 6.07) is 36.2. The fourth-order valence-corrected chi connectivity index (χ4v) is 8.06. The maximum atomic E-state index is 13.3. The first-order valence-corrected chi connectivity index (χ1v) is 20.4. The number of aromatic nitrogens is 4. The Labute approximate surface area is 352 Å². The Morgan fingerprint density at radius 3 is 1.52 bits per heavy atom. The van der Waals surface area contributed by atoms with Gasteiger partial charge in [0.15, 0.2) is 0 Å². The van der Waals surface area contributed by atoms with Gasteiger partial charge < -0.3 is 19.6 Å². The minimum absolute atomic E-state index is 0.0532. The quantitative estimate of drug-likeness (QED) is 0.167. The number of rotatable bonds is 6. The molecule has 2 fully saturated rings. The molecular weight excluding hydrogens is 782 g/mol. The van der Waals surface area contributed by atoms with Crippen LogP contribution in [0.3, 0.4) is 0 Å². The van der Waals surface area contributed by atoms with Crippen molar-refractivity contribution in [3.63, 3.8) is 0 Å². The second-order valence-electron chi connectivity index (χ2n) is 15.1. The van der Waals surface area contributed by atoms with Gasteiger partial charge in [0.05, 0.1) is 22.8 Å². The van der Waals surface area contributed by atoms with Crippen LogP contribution in [0.25, 0.3) is 22.1 Å². The van der Waals surface area contributed by atoms with Crippen LogP contribution in [0.5, 0.6) is 0 Å². The predicted octanol–water partition coefficient (Wildman–Crippen LogP) is 8.68. The largest absolute Gasteiger partial charge is 0.368 e. The third-order valence-corrected chi connectivity index (χ3v) is 11.2. The van der Waals surface area contributed by atoms with Crippen LogP contribution < -0.4 is 9.80 Å². The van der Waals surface area contributed by atoms with E-state index in [0.29, 0.717) is 54.0 Å². The van der Waals surface area contributed by atoms with Crippen molar-refractivity contribution in [2.24, 2.45) is 0 Å². The zero-order valence-corrected chi connectivity index (χ0v) is 34.5. The number of hydrogen-bond acceptors (Lipinski definition) is 6. The predicted molar refractivity (Wildman–Crippen MR) is 233 cm³/mol. The van der Waals surface area contributed by atoms with Crippen LogP contribution in [0.4, 0.5) is 20.2 Å². The standard InChI is InChI=1S/C25H23FN4O.C22H22ClFN4O/c1-18-17-24(30(27-18)21-11-9-20(26)10-12-21)25(31)29-15-13-28(14-16-29)23-8-4-6-19-5-2-3-7-22(19)23;1-15-3-4-17(23)14-20(15)26-9-11-27(12-10-26)22(29)21-13-16(2)25-28(21)19-7-5-18(24)6-8-19/h2-12,17H,13-16H2,1H3;3-8,13-14H,9-12H2,1-2H3. The van der Waals surface area contributed by atoms with Crippen molar-refractivity contribution in [3.8, 4) is 11.4 Å². The number of anilines is 2. The zero-order valence-electron chi connectivity index (χ0n) is 33.7. The summed E-state index contributed by atoms with van der Waals surface area (Å²) in [6.45, 7) is 11.3. The first-order valence-electron chi connectivity index (χ1n) is 20.0. The van der Waals surface area contributed by atoms with E-state index < -0.39 is 0 Å². The maximum Gasteiger partial charge on any atom is 0.272 e. The Balaban J connectivity index is 0.000000167. The van der Waals surface area contributed by atoms with Crippen molar-refractivity contribution < 1.29 is 18.4 Å². The Bertz CT molecular complexity index is 2640. The van der Waals surface area contributed by atoms with E-state index in [4.69, 9.17) is 11.6 Å². The maximum absolute atomic E-state index is 13.3. The summed E-state index contributed by atoms with van der Waals surface area (Å²) >= 11 is 6.16. The second kappa shape index (κ2) is 17.4. The number of carbonyl (C=O) groups is 2. The molecule has 0 N–H and O–H groups in total. The highest BCUT2D eigenvalue weighted by atomic mass is 35.5. The minimum atomic E-state index is -0.321. The number of halogens is 3. The summed E-state index contributed by atoms with van der Waals surface area (Å²) in [5.74, 6) is -0.761. The molecule has 0 bridgehead atoms. The van der Waals surface area contributed by atoms with E-state index in [1.165, 1.54) is 46.3 Å². The molecule has 0 atom stereocenters. The molecule has 2 saturated heterocycles. The van der Waals surface area contributed by atoms with Crippen LogP contribution in [0.1, 0.15) is 37.9 Å². The van der Waals surface area contributed by atoms with Crippen molar-refractivity contribution in [2.45, 2.75) is 20.8 Å². The lowest BCUT2D eigenvalue weighted by molar-refractivity contribution is 0.0730. The van der Waals surface area contributed by atoms with Gasteiger partial charge in [0.1, 0.15) is 23.0 Å². The van der Waals surface area contributed by atoms with Crippen molar-refractivity contribution in [1.82, 2.24) is 29.4 Å². The fourth-order valence-electron chi connectivity index (χ4n) is 7.89. The van der Waals surface area contributed by atoms with Crippen LogP contribution in [-0.4, -0.2) is 93.5 Å². The van der Waals surface area contributed by atoms with Crippen molar-refractivity contribution in [3.05, 3.63) is 166 Å². The minimum Gasteiger partial charge on any atom is -0.368 e. The van der Waals surface area contributed by atoms with Crippen LogP contribution in [0.2, 0.25) is 5.02 Å². The smallest absolute Gasteiger partial charge is 0.272 e. The summed E-state index contributed by atoms with van der Waals surface area (Å²) < 4.78 is 29.8. The molecule has 2 amide bonds. The van der Waals surface area contributed by atoms with Gasteiger partial charge in [-0.3, -0.25) is 9.59 Å². The summed E-state index contributed by atoms with van der Waals surface area (Å²) in [7, 11) is 0. The molecule has 2 aliphatic rings. The van der Waals surface area contributed by atoms with Crippen molar-refractivity contribution in [2.75, 3.05) is 62.2 Å². The van der Waals surface area contributed by atoms with Gasteiger partial charge in [-0.15, -0.1) is 0 Å². The lowest BCUT2D eigenvalue weighted by atomic mass is 10.1. The molecule has 10 nitrogen and oxygen atoms in total. The number of hydrogen-bond donors (Lipinski definition) is 0. The normalized spacial score (nSPS) is 14.3. The number of benzene rings is 5. The molecule has 60 heavy (non-hydrogen) atoms. The van der Waals surface area contributed by atoms with Crippen LogP contribution in [0, 0.1) is 32.4 Å². The van der Waals surface area contributed by atoms with E-state index >= 15 is 0 Å². The second-order valence-corrected chi connectivity index (χ2v) is 15.5. The summed E-state index contributed by atoms with van der Waals surface area (Å²) in [4.78, 5) is 34.8. The molecule has 7 aromatic rings. The Hall–Kier alpha value is -6.53. The molecule has 0 radical (unpaired) electrons. The van der Waals surface area contributed by atoms with Gasteiger partial charge in [0.2, 0.25) is 0 Å². The monoisotopic (exact) mass is 826 g/mol. The zero-order chi connectivity index (χ0) is 41.9. The van der Waals surface area contributed by atoms with Gasteiger partial charge in [0.25, 0.3) is 11.8 Å². The first-order chi connectivity index (χ1) is 29.0. The first kappa shape index (κ1) is 40.3. The van der Waals surface area contributed by atoms with E-state index in [0.717, 1.165) is 43.3 Å². The molecule has 2 aromatic heterocycles. The number of nitrogens with zero attached hydrogens (tertiary/aromatic N) is 8. The Morgan fingerprint density at radius 2 is 1.00 bits per heavy atom. The Kier molecular flexibility index (Phi) is 11.7. The topological polar surface area (TPSA) is 82.7 Å². The molecule has 5 aromatic carbocycles. The highest BCUT2D eigenvalue weighted by molar-refractivity contribution is 6.30. The molecule has 13 heteroatoms. The van der Waals surface area contributed by atoms with E-state index in [1.807, 2.05) is 41.8 Å². The summed E-state index contributed by atoms with van der Waals surface area (Å²) in [6.07, 6.45) is 0. The highest BCUT2D eigenvalue weighted by Crippen LogP contribution is 2.29. The van der Waals surface area contributed by atoms with Gasteiger partial charge in [-0.25, -0.2) is 18.1 Å². The van der Waals surface area contributed by atoms with Crippen LogP contribution >= 0.6 is 11.6 Å². The van der Waals surface area contributed by atoms with Gasteiger partial charge in [-0.05, 0) is 111 Å². The third kappa shape index (κ3) is 8.60. The number of carbonyl (C=O) groups excluding carboxylic acids is 2. The summed E-state index contributed by atoms with van der Waals surface area (Å²) in [5, 5.41) is 12.1. The Morgan fingerprint density at radius 1 is 0.533 bits per heavy atom. The van der Waals surface area contributed by atoms with Gasteiger partial charge >= 0.3 is 0 Å².